The third-order valence-electron chi connectivity index (χ3n) is 3.71. The highest BCUT2D eigenvalue weighted by atomic mass is 32.1. The first-order valence-corrected chi connectivity index (χ1v) is 7.87. The molecule has 1 aliphatic rings. The summed E-state index contributed by atoms with van der Waals surface area (Å²) in [5, 5.41) is 3.54. The molecular formula is C15H21N3S. The summed E-state index contributed by atoms with van der Waals surface area (Å²) in [7, 11) is 0. The Labute approximate surface area is 118 Å². The molecule has 0 aliphatic heterocycles. The van der Waals surface area contributed by atoms with Gasteiger partial charge in [-0.2, -0.15) is 0 Å². The predicted molar refractivity (Wildman–Crippen MR) is 79.5 cm³/mol. The monoisotopic (exact) mass is 275 g/mol. The number of thiophene rings is 1. The zero-order chi connectivity index (χ0) is 13.2. The van der Waals surface area contributed by atoms with E-state index in [0.717, 1.165) is 13.1 Å². The Bertz CT molecular complexity index is 532. The van der Waals surface area contributed by atoms with Gasteiger partial charge < -0.3 is 9.88 Å². The third-order valence-corrected chi connectivity index (χ3v) is 4.94. The Morgan fingerprint density at radius 3 is 3.05 bits per heavy atom. The number of aryl methyl sites for hydroxylation is 2. The number of nitrogens with zero attached hydrogens (tertiary/aromatic N) is 2. The van der Waals surface area contributed by atoms with Gasteiger partial charge in [-0.15, -0.1) is 11.3 Å². The minimum absolute atomic E-state index is 0.477. The van der Waals surface area contributed by atoms with Gasteiger partial charge in [0.15, 0.2) is 0 Å². The average molecular weight is 275 g/mol. The van der Waals surface area contributed by atoms with Crippen LogP contribution in [0, 0.1) is 0 Å². The summed E-state index contributed by atoms with van der Waals surface area (Å²) in [6.45, 7) is 6.24. The Morgan fingerprint density at radius 1 is 1.37 bits per heavy atom. The van der Waals surface area contributed by atoms with E-state index in [1.807, 2.05) is 23.9 Å². The smallest absolute Gasteiger partial charge is 0.0951 e. The van der Waals surface area contributed by atoms with Crippen molar-refractivity contribution in [3.05, 3.63) is 39.6 Å². The van der Waals surface area contributed by atoms with Gasteiger partial charge in [0.1, 0.15) is 0 Å². The molecule has 2 aromatic heterocycles. The van der Waals surface area contributed by atoms with E-state index < -0.39 is 0 Å². The minimum Gasteiger partial charge on any atom is -0.331 e. The molecule has 1 aliphatic carbocycles. The highest BCUT2D eigenvalue weighted by molar-refractivity contribution is 7.12. The number of aromatic nitrogens is 2. The van der Waals surface area contributed by atoms with Gasteiger partial charge in [0.25, 0.3) is 0 Å². The molecule has 0 unspecified atom stereocenters. The largest absolute Gasteiger partial charge is 0.331 e. The molecule has 0 saturated carbocycles. The van der Waals surface area contributed by atoms with Gasteiger partial charge in [-0.05, 0) is 44.7 Å². The number of hydrogen-bond donors (Lipinski definition) is 1. The lowest BCUT2D eigenvalue weighted by Gasteiger charge is -2.11. The fraction of sp³-hybridized carbons (Fsp3) is 0.533. The van der Waals surface area contributed by atoms with Crippen LogP contribution >= 0.6 is 11.3 Å². The van der Waals surface area contributed by atoms with Gasteiger partial charge in [0.05, 0.1) is 12.0 Å². The van der Waals surface area contributed by atoms with Crippen LogP contribution in [0.3, 0.4) is 0 Å². The molecular weight excluding hydrogens is 254 g/mol. The standard InChI is InChI=1S/C15H21N3S/c1-11(2)18-10-17-8-13(18)7-16-9-14-6-12-4-3-5-15(12)19-14/h6,8,10-11,16H,3-5,7,9H2,1-2H3. The van der Waals surface area contributed by atoms with E-state index in [4.69, 9.17) is 0 Å². The molecule has 0 saturated heterocycles. The lowest BCUT2D eigenvalue weighted by atomic mass is 10.2. The van der Waals surface area contributed by atoms with Crippen LogP contribution in [0.5, 0.6) is 0 Å². The molecule has 0 fully saturated rings. The fourth-order valence-electron chi connectivity index (χ4n) is 2.73. The summed E-state index contributed by atoms with van der Waals surface area (Å²) in [6.07, 6.45) is 7.80. The summed E-state index contributed by atoms with van der Waals surface area (Å²) >= 11 is 1.98. The molecule has 0 bridgehead atoms. The van der Waals surface area contributed by atoms with Crippen LogP contribution in [0.15, 0.2) is 18.6 Å². The molecule has 3 nitrogen and oxygen atoms in total. The van der Waals surface area contributed by atoms with E-state index in [9.17, 15) is 0 Å². The average Bonchev–Trinajstić information content (AvgIpc) is 3.02. The van der Waals surface area contributed by atoms with E-state index in [1.165, 1.54) is 29.8 Å². The predicted octanol–water partition coefficient (Wildman–Crippen LogP) is 3.30. The van der Waals surface area contributed by atoms with Gasteiger partial charge >= 0.3 is 0 Å². The van der Waals surface area contributed by atoms with Crippen molar-refractivity contribution in [3.8, 4) is 0 Å². The summed E-state index contributed by atoms with van der Waals surface area (Å²) in [6, 6.07) is 2.87. The fourth-order valence-corrected chi connectivity index (χ4v) is 3.96. The van der Waals surface area contributed by atoms with Gasteiger partial charge in [-0.25, -0.2) is 4.98 Å². The van der Waals surface area contributed by atoms with Crippen molar-refractivity contribution in [2.45, 2.75) is 52.2 Å². The number of rotatable bonds is 5. The molecule has 0 amide bonds. The maximum absolute atomic E-state index is 4.24. The molecule has 19 heavy (non-hydrogen) atoms. The number of fused-ring (bicyclic) bond motifs is 1. The quantitative estimate of drug-likeness (QED) is 0.907. The third kappa shape index (κ3) is 2.74. The molecule has 0 spiro atoms. The maximum atomic E-state index is 4.24. The Hall–Kier alpha value is -1.13. The van der Waals surface area contributed by atoms with Crippen molar-refractivity contribution in [2.24, 2.45) is 0 Å². The molecule has 2 heterocycles. The molecule has 4 heteroatoms. The Morgan fingerprint density at radius 2 is 2.26 bits per heavy atom. The lowest BCUT2D eigenvalue weighted by molar-refractivity contribution is 0.551. The first kappa shape index (κ1) is 12.9. The first-order valence-electron chi connectivity index (χ1n) is 7.06. The van der Waals surface area contributed by atoms with Crippen LogP contribution in [0.2, 0.25) is 0 Å². The van der Waals surface area contributed by atoms with Crippen molar-refractivity contribution in [3.63, 3.8) is 0 Å². The highest BCUT2D eigenvalue weighted by Gasteiger charge is 2.14. The SMILES string of the molecule is CC(C)n1cncc1CNCc1cc2c(s1)CCC2. The van der Waals surface area contributed by atoms with E-state index in [2.05, 4.69) is 34.8 Å². The number of nitrogens with one attached hydrogen (secondary N) is 1. The molecule has 1 N–H and O–H groups in total. The highest BCUT2D eigenvalue weighted by Crippen LogP contribution is 2.30. The van der Waals surface area contributed by atoms with E-state index in [-0.39, 0.29) is 0 Å². The van der Waals surface area contributed by atoms with Gasteiger partial charge in [0.2, 0.25) is 0 Å². The van der Waals surface area contributed by atoms with E-state index >= 15 is 0 Å². The topological polar surface area (TPSA) is 29.9 Å². The van der Waals surface area contributed by atoms with Gasteiger partial charge in [-0.3, -0.25) is 0 Å². The molecule has 0 atom stereocenters. The normalized spacial score (nSPS) is 14.3. The summed E-state index contributed by atoms with van der Waals surface area (Å²) in [5.74, 6) is 0. The van der Waals surface area contributed by atoms with Crippen molar-refractivity contribution >= 4 is 11.3 Å². The van der Waals surface area contributed by atoms with Crippen molar-refractivity contribution in [2.75, 3.05) is 0 Å². The van der Waals surface area contributed by atoms with Gasteiger partial charge in [0, 0.05) is 35.1 Å². The van der Waals surface area contributed by atoms with Crippen LogP contribution in [0.4, 0.5) is 0 Å². The molecule has 0 aromatic carbocycles. The second-order valence-electron chi connectivity index (χ2n) is 5.50. The number of imidazole rings is 1. The van der Waals surface area contributed by atoms with E-state index in [1.54, 1.807) is 10.4 Å². The van der Waals surface area contributed by atoms with E-state index in [0.29, 0.717) is 6.04 Å². The van der Waals surface area contributed by atoms with Crippen LogP contribution in [0.25, 0.3) is 0 Å². The van der Waals surface area contributed by atoms with Crippen molar-refractivity contribution in [1.82, 2.24) is 14.9 Å². The van der Waals surface area contributed by atoms with Crippen LogP contribution in [-0.4, -0.2) is 9.55 Å². The minimum atomic E-state index is 0.477. The summed E-state index contributed by atoms with van der Waals surface area (Å²) < 4.78 is 2.22. The zero-order valence-corrected chi connectivity index (χ0v) is 12.5. The maximum Gasteiger partial charge on any atom is 0.0951 e. The van der Waals surface area contributed by atoms with Gasteiger partial charge in [-0.1, -0.05) is 0 Å². The molecule has 102 valence electrons. The van der Waals surface area contributed by atoms with Crippen LogP contribution in [-0.2, 0) is 25.9 Å². The first-order chi connectivity index (χ1) is 9.24. The number of hydrogen-bond acceptors (Lipinski definition) is 3. The van der Waals surface area contributed by atoms with Crippen LogP contribution in [0.1, 0.15) is 47.3 Å². The molecule has 2 aromatic rings. The second kappa shape index (κ2) is 5.47. The molecule has 0 radical (unpaired) electrons. The lowest BCUT2D eigenvalue weighted by Crippen LogP contribution is -2.15. The molecule has 3 rings (SSSR count). The zero-order valence-electron chi connectivity index (χ0n) is 11.6. The second-order valence-corrected chi connectivity index (χ2v) is 6.73. The summed E-state index contributed by atoms with van der Waals surface area (Å²) in [4.78, 5) is 7.32. The van der Waals surface area contributed by atoms with Crippen molar-refractivity contribution < 1.29 is 0 Å². The van der Waals surface area contributed by atoms with Crippen LogP contribution < -0.4 is 5.32 Å². The van der Waals surface area contributed by atoms with Crippen molar-refractivity contribution in [1.29, 1.82) is 0 Å². The Kier molecular flexibility index (Phi) is 3.71. The summed E-state index contributed by atoms with van der Waals surface area (Å²) in [5.41, 5.74) is 2.85. The Balaban J connectivity index is 1.56.